The first kappa shape index (κ1) is 26.1. The highest BCUT2D eigenvalue weighted by Crippen LogP contribution is 2.18. The average Bonchev–Trinajstić information content (AvgIpc) is 2.78. The standard InChI is InChI=1S/C23H39N5O2.HI/c1-3-24-23(25-11-4-14-30-18-20-9-15-29-16-10-20)27-21-7-12-28(13-8-21)22-6-5-19(2)17-26-22;/h5-6,17,20-21H,3-4,7-16,18H2,1-2H3,(H2,24,25,27);1H. The maximum atomic E-state index is 5.85. The quantitative estimate of drug-likeness (QED) is 0.215. The molecule has 8 heteroatoms. The third-order valence-electron chi connectivity index (χ3n) is 5.81. The molecular formula is C23H40IN5O2. The Balaban J connectivity index is 0.00000341. The van der Waals surface area contributed by atoms with Gasteiger partial charge in [-0.05, 0) is 63.5 Å². The maximum absolute atomic E-state index is 5.85. The van der Waals surface area contributed by atoms with Crippen molar-refractivity contribution in [3.05, 3.63) is 23.9 Å². The Kier molecular flexibility index (Phi) is 12.5. The van der Waals surface area contributed by atoms with Crippen LogP contribution in [0.4, 0.5) is 5.82 Å². The summed E-state index contributed by atoms with van der Waals surface area (Å²) in [5, 5.41) is 7.00. The SMILES string of the molecule is CCNC(=NCCCOCC1CCOCC1)NC1CCN(c2ccc(C)cn2)CC1.I. The van der Waals surface area contributed by atoms with Crippen molar-refractivity contribution in [2.75, 3.05) is 57.5 Å². The van der Waals surface area contributed by atoms with Crippen molar-refractivity contribution in [2.24, 2.45) is 10.9 Å². The molecular weight excluding hydrogens is 505 g/mol. The Bertz CT molecular complexity index is 629. The van der Waals surface area contributed by atoms with Crippen LogP contribution in [0.5, 0.6) is 0 Å². The highest BCUT2D eigenvalue weighted by molar-refractivity contribution is 14.0. The summed E-state index contributed by atoms with van der Waals surface area (Å²) < 4.78 is 11.2. The van der Waals surface area contributed by atoms with E-state index in [1.807, 2.05) is 6.20 Å². The van der Waals surface area contributed by atoms with E-state index in [1.54, 1.807) is 0 Å². The van der Waals surface area contributed by atoms with Gasteiger partial charge in [-0.1, -0.05) is 6.07 Å². The third-order valence-corrected chi connectivity index (χ3v) is 5.81. The van der Waals surface area contributed by atoms with E-state index in [0.29, 0.717) is 12.0 Å². The summed E-state index contributed by atoms with van der Waals surface area (Å²) in [5.41, 5.74) is 1.20. The minimum absolute atomic E-state index is 0. The number of nitrogens with one attached hydrogen (secondary N) is 2. The molecule has 0 saturated carbocycles. The van der Waals surface area contributed by atoms with Crippen LogP contribution in [0.3, 0.4) is 0 Å². The predicted octanol–water partition coefficient (Wildman–Crippen LogP) is 3.37. The molecule has 7 nitrogen and oxygen atoms in total. The van der Waals surface area contributed by atoms with Gasteiger partial charge < -0.3 is 25.0 Å². The van der Waals surface area contributed by atoms with Crippen LogP contribution < -0.4 is 15.5 Å². The summed E-state index contributed by atoms with van der Waals surface area (Å²) in [5.74, 6) is 2.68. The molecule has 3 rings (SSSR count). The van der Waals surface area contributed by atoms with E-state index in [1.165, 1.54) is 5.56 Å². The van der Waals surface area contributed by atoms with E-state index in [9.17, 15) is 0 Å². The lowest BCUT2D eigenvalue weighted by atomic mass is 10.0. The minimum Gasteiger partial charge on any atom is -0.381 e. The van der Waals surface area contributed by atoms with Gasteiger partial charge in [0.25, 0.3) is 0 Å². The van der Waals surface area contributed by atoms with Crippen LogP contribution in [-0.2, 0) is 9.47 Å². The molecule has 0 bridgehead atoms. The normalized spacial score (nSPS) is 18.5. The number of halogens is 1. The first-order valence-corrected chi connectivity index (χ1v) is 11.6. The molecule has 0 spiro atoms. The summed E-state index contributed by atoms with van der Waals surface area (Å²) in [4.78, 5) is 11.7. The van der Waals surface area contributed by atoms with E-state index in [2.05, 4.69) is 46.5 Å². The molecule has 0 unspecified atom stereocenters. The highest BCUT2D eigenvalue weighted by atomic mass is 127. The molecule has 1 aromatic heterocycles. The number of pyridine rings is 1. The average molecular weight is 546 g/mol. The zero-order valence-electron chi connectivity index (χ0n) is 19.1. The Morgan fingerprint density at radius 2 is 2.00 bits per heavy atom. The van der Waals surface area contributed by atoms with Gasteiger partial charge in [-0.15, -0.1) is 24.0 Å². The largest absolute Gasteiger partial charge is 0.381 e. The van der Waals surface area contributed by atoms with Gasteiger partial charge in [-0.25, -0.2) is 4.98 Å². The summed E-state index contributed by atoms with van der Waals surface area (Å²) >= 11 is 0. The highest BCUT2D eigenvalue weighted by Gasteiger charge is 2.20. The van der Waals surface area contributed by atoms with Crippen LogP contribution >= 0.6 is 24.0 Å². The number of piperidine rings is 1. The van der Waals surface area contributed by atoms with Crippen molar-refractivity contribution < 1.29 is 9.47 Å². The number of ether oxygens (including phenoxy) is 2. The van der Waals surface area contributed by atoms with Gasteiger partial charge in [0, 0.05) is 64.8 Å². The second kappa shape index (κ2) is 14.8. The number of aromatic nitrogens is 1. The summed E-state index contributed by atoms with van der Waals surface area (Å²) in [7, 11) is 0. The number of aryl methyl sites for hydroxylation is 1. The lowest BCUT2D eigenvalue weighted by Crippen LogP contribution is -2.49. The Morgan fingerprint density at radius 1 is 1.23 bits per heavy atom. The van der Waals surface area contributed by atoms with Gasteiger partial charge in [0.15, 0.2) is 5.96 Å². The number of anilines is 1. The van der Waals surface area contributed by atoms with Crippen LogP contribution in [0.2, 0.25) is 0 Å². The molecule has 2 N–H and O–H groups in total. The number of guanidine groups is 1. The molecule has 0 radical (unpaired) electrons. The summed E-state index contributed by atoms with van der Waals surface area (Å²) in [6.07, 6.45) is 7.35. The van der Waals surface area contributed by atoms with Crippen molar-refractivity contribution >= 4 is 35.8 Å². The van der Waals surface area contributed by atoms with Gasteiger partial charge >= 0.3 is 0 Å². The van der Waals surface area contributed by atoms with Gasteiger partial charge in [0.05, 0.1) is 0 Å². The molecule has 2 saturated heterocycles. The van der Waals surface area contributed by atoms with Crippen molar-refractivity contribution in [3.63, 3.8) is 0 Å². The Morgan fingerprint density at radius 3 is 2.68 bits per heavy atom. The summed E-state index contributed by atoms with van der Waals surface area (Å²) in [6, 6.07) is 4.71. The van der Waals surface area contributed by atoms with E-state index in [-0.39, 0.29) is 24.0 Å². The molecule has 31 heavy (non-hydrogen) atoms. The van der Waals surface area contributed by atoms with Gasteiger partial charge in [-0.3, -0.25) is 4.99 Å². The molecule has 0 atom stereocenters. The first-order chi connectivity index (χ1) is 14.7. The number of hydrogen-bond acceptors (Lipinski definition) is 5. The third kappa shape index (κ3) is 9.49. The molecule has 3 heterocycles. The van der Waals surface area contributed by atoms with Gasteiger partial charge in [0.2, 0.25) is 0 Å². The Hall–Kier alpha value is -1.13. The van der Waals surface area contributed by atoms with Crippen molar-refractivity contribution in [3.8, 4) is 0 Å². The van der Waals surface area contributed by atoms with Crippen LogP contribution in [-0.4, -0.2) is 69.6 Å². The molecule has 0 amide bonds. The molecule has 2 aliphatic rings. The van der Waals surface area contributed by atoms with Crippen LogP contribution in [0.1, 0.15) is 44.6 Å². The molecule has 0 aliphatic carbocycles. The fourth-order valence-corrected chi connectivity index (χ4v) is 3.93. The topological polar surface area (TPSA) is 71.0 Å². The number of nitrogens with zero attached hydrogens (tertiary/aromatic N) is 3. The van der Waals surface area contributed by atoms with E-state index in [4.69, 9.17) is 14.5 Å². The predicted molar refractivity (Wildman–Crippen MR) is 138 cm³/mol. The molecule has 2 aliphatic heterocycles. The van der Waals surface area contributed by atoms with Crippen LogP contribution in [0.25, 0.3) is 0 Å². The number of rotatable bonds is 9. The second-order valence-corrected chi connectivity index (χ2v) is 8.34. The zero-order valence-corrected chi connectivity index (χ0v) is 21.5. The lowest BCUT2D eigenvalue weighted by molar-refractivity contribution is 0.0205. The monoisotopic (exact) mass is 545 g/mol. The second-order valence-electron chi connectivity index (χ2n) is 8.34. The minimum atomic E-state index is 0. The smallest absolute Gasteiger partial charge is 0.191 e. The van der Waals surface area contributed by atoms with E-state index >= 15 is 0 Å². The van der Waals surface area contributed by atoms with Crippen molar-refractivity contribution in [2.45, 2.75) is 52.0 Å². The Labute approximate surface area is 204 Å². The van der Waals surface area contributed by atoms with E-state index in [0.717, 1.165) is 96.5 Å². The van der Waals surface area contributed by atoms with Gasteiger partial charge in [-0.2, -0.15) is 0 Å². The fourth-order valence-electron chi connectivity index (χ4n) is 3.93. The van der Waals surface area contributed by atoms with Crippen LogP contribution in [0, 0.1) is 12.8 Å². The molecule has 2 fully saturated rings. The summed E-state index contributed by atoms with van der Waals surface area (Å²) in [6.45, 7) is 11.3. The lowest BCUT2D eigenvalue weighted by Gasteiger charge is -2.33. The van der Waals surface area contributed by atoms with E-state index < -0.39 is 0 Å². The molecule has 0 aromatic carbocycles. The van der Waals surface area contributed by atoms with Crippen molar-refractivity contribution in [1.29, 1.82) is 0 Å². The number of hydrogen-bond donors (Lipinski definition) is 2. The first-order valence-electron chi connectivity index (χ1n) is 11.6. The zero-order chi connectivity index (χ0) is 21.0. The van der Waals surface area contributed by atoms with Gasteiger partial charge in [0.1, 0.15) is 5.82 Å². The maximum Gasteiger partial charge on any atom is 0.191 e. The van der Waals surface area contributed by atoms with Crippen molar-refractivity contribution in [1.82, 2.24) is 15.6 Å². The molecule has 176 valence electrons. The number of aliphatic imine (C=N–C) groups is 1. The van der Waals surface area contributed by atoms with Crippen LogP contribution in [0.15, 0.2) is 23.3 Å². The molecule has 1 aromatic rings. The fraction of sp³-hybridized carbons (Fsp3) is 0.739.